The van der Waals surface area contributed by atoms with Gasteiger partial charge in [-0.2, -0.15) is 0 Å². The zero-order valence-electron chi connectivity index (χ0n) is 25.3. The molecule has 4 heteroatoms. The van der Waals surface area contributed by atoms with Gasteiger partial charge in [0.05, 0.1) is 38.6 Å². The predicted molar refractivity (Wildman–Crippen MR) is 196 cm³/mol. The molecular formula is C43H26N4. The lowest BCUT2D eigenvalue weighted by Gasteiger charge is -2.16. The minimum absolute atomic E-state index is 0.970. The molecule has 4 heterocycles. The molecule has 0 aliphatic carbocycles. The molecule has 0 saturated carbocycles. The summed E-state index contributed by atoms with van der Waals surface area (Å²) in [5, 5.41) is 8.51. The van der Waals surface area contributed by atoms with Crippen LogP contribution in [0, 0.1) is 0 Å². The smallest absolute Gasteiger partial charge is 0.146 e. The fourth-order valence-corrected chi connectivity index (χ4v) is 8.11. The van der Waals surface area contributed by atoms with Crippen LogP contribution in [-0.4, -0.2) is 18.5 Å². The van der Waals surface area contributed by atoms with E-state index in [-0.39, 0.29) is 0 Å². The standard InChI is InChI=1S/C43H26N4/c1-3-13-27(14-4-1)45-36-20-10-7-17-29(36)31-24-26-34-39(40(31)45)33-25-23-32-30-18-8-11-21-37(30)46(28-15-5-2-6-16-28)41(32)42(33)47-38-22-12-9-19-35(38)44-43(34)47/h1-26H. The monoisotopic (exact) mass is 598 g/mol. The van der Waals surface area contributed by atoms with Gasteiger partial charge in [0, 0.05) is 49.1 Å². The molecule has 0 N–H and O–H groups in total. The van der Waals surface area contributed by atoms with Crippen LogP contribution < -0.4 is 0 Å². The third-order valence-corrected chi connectivity index (χ3v) is 9.97. The number of hydrogen-bond donors (Lipinski definition) is 0. The number of benzene rings is 7. The van der Waals surface area contributed by atoms with Gasteiger partial charge in [-0.25, -0.2) is 4.98 Å². The van der Waals surface area contributed by atoms with Gasteiger partial charge in [-0.05, 0) is 54.6 Å². The molecule has 4 aromatic heterocycles. The predicted octanol–water partition coefficient (Wildman–Crippen LogP) is 11.0. The van der Waals surface area contributed by atoms with E-state index in [4.69, 9.17) is 4.98 Å². The summed E-state index contributed by atoms with van der Waals surface area (Å²) in [6.07, 6.45) is 0. The summed E-state index contributed by atoms with van der Waals surface area (Å²) in [5.74, 6) is 0. The van der Waals surface area contributed by atoms with Crippen molar-refractivity contribution >= 4 is 82.0 Å². The lowest BCUT2D eigenvalue weighted by Crippen LogP contribution is -2.00. The molecule has 0 atom stereocenters. The normalized spacial score (nSPS) is 12.3. The van der Waals surface area contributed by atoms with Crippen molar-refractivity contribution in [2.24, 2.45) is 0 Å². The van der Waals surface area contributed by atoms with Crippen LogP contribution in [0.5, 0.6) is 0 Å². The zero-order valence-corrected chi connectivity index (χ0v) is 25.3. The van der Waals surface area contributed by atoms with E-state index in [0.717, 1.165) is 39.0 Å². The van der Waals surface area contributed by atoms with Crippen molar-refractivity contribution in [3.63, 3.8) is 0 Å². The average molecular weight is 599 g/mol. The van der Waals surface area contributed by atoms with Crippen molar-refractivity contribution in [3.05, 3.63) is 158 Å². The number of pyridine rings is 1. The Hall–Kier alpha value is -6.39. The van der Waals surface area contributed by atoms with E-state index >= 15 is 0 Å². The molecule has 4 nitrogen and oxygen atoms in total. The van der Waals surface area contributed by atoms with E-state index in [1.807, 2.05) is 0 Å². The molecule has 0 unspecified atom stereocenters. The van der Waals surface area contributed by atoms with Crippen LogP contribution in [0.15, 0.2) is 158 Å². The number of imidazole rings is 1. The molecule has 11 aromatic rings. The van der Waals surface area contributed by atoms with Gasteiger partial charge in [0.2, 0.25) is 0 Å². The molecular weight excluding hydrogens is 573 g/mol. The molecule has 0 fully saturated rings. The zero-order chi connectivity index (χ0) is 30.6. The Bertz CT molecular complexity index is 3050. The van der Waals surface area contributed by atoms with Gasteiger partial charge in [-0.3, -0.25) is 4.40 Å². The maximum Gasteiger partial charge on any atom is 0.146 e. The van der Waals surface area contributed by atoms with E-state index in [9.17, 15) is 0 Å². The number of fused-ring (bicyclic) bond motifs is 16. The Morgan fingerprint density at radius 3 is 1.49 bits per heavy atom. The van der Waals surface area contributed by atoms with Crippen LogP contribution in [0.4, 0.5) is 0 Å². The lowest BCUT2D eigenvalue weighted by molar-refractivity contribution is 1.17. The first-order chi connectivity index (χ1) is 23.4. The van der Waals surface area contributed by atoms with Gasteiger partial charge >= 0.3 is 0 Å². The van der Waals surface area contributed by atoms with Gasteiger partial charge < -0.3 is 9.13 Å². The first-order valence-electron chi connectivity index (χ1n) is 16.1. The number of hydrogen-bond acceptors (Lipinski definition) is 1. The Labute approximate surface area is 268 Å². The Kier molecular flexibility index (Phi) is 4.81. The van der Waals surface area contributed by atoms with Crippen LogP contribution in [0.1, 0.15) is 0 Å². The van der Waals surface area contributed by atoms with Crippen LogP contribution in [-0.2, 0) is 0 Å². The number of aromatic nitrogens is 4. The number of para-hydroxylation sites is 6. The van der Waals surface area contributed by atoms with Gasteiger partial charge in [0.25, 0.3) is 0 Å². The molecule has 0 aliphatic heterocycles. The van der Waals surface area contributed by atoms with E-state index in [1.54, 1.807) is 0 Å². The first-order valence-corrected chi connectivity index (χ1v) is 16.1. The largest absolute Gasteiger partial charge is 0.309 e. The number of rotatable bonds is 2. The van der Waals surface area contributed by atoms with E-state index < -0.39 is 0 Å². The molecule has 0 aliphatic rings. The van der Waals surface area contributed by atoms with E-state index in [2.05, 4.69) is 171 Å². The Morgan fingerprint density at radius 1 is 0.340 bits per heavy atom. The second-order valence-electron chi connectivity index (χ2n) is 12.4. The van der Waals surface area contributed by atoms with Crippen LogP contribution >= 0.6 is 0 Å². The first kappa shape index (κ1) is 24.9. The molecule has 11 rings (SSSR count). The summed E-state index contributed by atoms with van der Waals surface area (Å²) in [5.41, 5.74) is 11.3. The topological polar surface area (TPSA) is 27.2 Å². The third kappa shape index (κ3) is 3.19. The maximum absolute atomic E-state index is 5.36. The summed E-state index contributed by atoms with van der Waals surface area (Å²) in [6.45, 7) is 0. The van der Waals surface area contributed by atoms with E-state index in [0.29, 0.717) is 0 Å². The highest BCUT2D eigenvalue weighted by molar-refractivity contribution is 6.31. The summed E-state index contributed by atoms with van der Waals surface area (Å²) >= 11 is 0. The minimum Gasteiger partial charge on any atom is -0.309 e. The van der Waals surface area contributed by atoms with Gasteiger partial charge in [-0.1, -0.05) is 103 Å². The fourth-order valence-electron chi connectivity index (χ4n) is 8.11. The lowest BCUT2D eigenvalue weighted by atomic mass is 10.00. The van der Waals surface area contributed by atoms with Gasteiger partial charge in [-0.15, -0.1) is 0 Å². The summed E-state index contributed by atoms with van der Waals surface area (Å²) in [7, 11) is 0. The summed E-state index contributed by atoms with van der Waals surface area (Å²) < 4.78 is 7.30. The SMILES string of the molecule is c1ccc(-n2c3ccccc3c3ccc4c(c5ccc6c7ccccc7n(-c7ccccc7)c6c5n5c6ccccc6nc45)c32)cc1. The molecule has 0 amide bonds. The van der Waals surface area contributed by atoms with Crippen molar-refractivity contribution in [3.8, 4) is 11.4 Å². The van der Waals surface area contributed by atoms with Crippen LogP contribution in [0.3, 0.4) is 0 Å². The average Bonchev–Trinajstić information content (AvgIpc) is 3.80. The van der Waals surface area contributed by atoms with Crippen molar-refractivity contribution in [2.75, 3.05) is 0 Å². The molecule has 0 bridgehead atoms. The maximum atomic E-state index is 5.36. The van der Waals surface area contributed by atoms with E-state index in [1.165, 1.54) is 54.4 Å². The molecule has 0 saturated heterocycles. The molecule has 0 spiro atoms. The Balaban J connectivity index is 1.50. The molecule has 47 heavy (non-hydrogen) atoms. The van der Waals surface area contributed by atoms with Crippen LogP contribution in [0.2, 0.25) is 0 Å². The number of nitrogens with zero attached hydrogens (tertiary/aromatic N) is 4. The van der Waals surface area contributed by atoms with Crippen LogP contribution in [0.25, 0.3) is 93.3 Å². The molecule has 0 radical (unpaired) electrons. The minimum atomic E-state index is 0.970. The highest BCUT2D eigenvalue weighted by atomic mass is 15.1. The van der Waals surface area contributed by atoms with Crippen molar-refractivity contribution in [2.45, 2.75) is 0 Å². The summed E-state index contributed by atoms with van der Waals surface area (Å²) in [6, 6.07) is 56.9. The van der Waals surface area contributed by atoms with Gasteiger partial charge in [0.1, 0.15) is 5.65 Å². The molecule has 218 valence electrons. The third-order valence-electron chi connectivity index (χ3n) is 9.97. The second kappa shape index (κ2) is 9.09. The van der Waals surface area contributed by atoms with Gasteiger partial charge in [0.15, 0.2) is 0 Å². The Morgan fingerprint density at radius 2 is 0.830 bits per heavy atom. The highest BCUT2D eigenvalue weighted by Gasteiger charge is 2.24. The summed E-state index contributed by atoms with van der Waals surface area (Å²) in [4.78, 5) is 5.36. The fraction of sp³-hybridized carbons (Fsp3) is 0. The second-order valence-corrected chi connectivity index (χ2v) is 12.4. The molecule has 7 aromatic carbocycles. The highest BCUT2D eigenvalue weighted by Crippen LogP contribution is 2.45. The van der Waals surface area contributed by atoms with Crippen molar-refractivity contribution in [1.29, 1.82) is 0 Å². The van der Waals surface area contributed by atoms with Crippen molar-refractivity contribution < 1.29 is 0 Å². The quantitative estimate of drug-likeness (QED) is 0.182. The van der Waals surface area contributed by atoms with Crippen molar-refractivity contribution in [1.82, 2.24) is 18.5 Å².